The average Bonchev–Trinajstić information content (AvgIpc) is 3.43. The van der Waals surface area contributed by atoms with Gasteiger partial charge in [-0.05, 0) is 36.6 Å². The van der Waals surface area contributed by atoms with Gasteiger partial charge in [0.25, 0.3) is 6.43 Å². The summed E-state index contributed by atoms with van der Waals surface area (Å²) in [6.45, 7) is 1.21. The Bertz CT molecular complexity index is 1440. The van der Waals surface area contributed by atoms with Crippen molar-refractivity contribution in [2.45, 2.75) is 37.4 Å². The number of piperidine rings is 1. The summed E-state index contributed by atoms with van der Waals surface area (Å²) in [4.78, 5) is 17.1. The summed E-state index contributed by atoms with van der Waals surface area (Å²) in [6.07, 6.45) is -1.30. The third-order valence-electron chi connectivity index (χ3n) is 7.26. The first kappa shape index (κ1) is 23.6. The van der Waals surface area contributed by atoms with Crippen LogP contribution in [0.4, 0.5) is 39.3 Å². The highest BCUT2D eigenvalue weighted by atomic mass is 19.4. The van der Waals surface area contributed by atoms with E-state index in [-0.39, 0.29) is 11.2 Å². The molecule has 0 unspecified atom stereocenters. The minimum Gasteiger partial charge on any atom is -0.355 e. The van der Waals surface area contributed by atoms with E-state index < -0.39 is 24.7 Å². The number of anilines is 3. The quantitative estimate of drug-likeness (QED) is 0.349. The minimum absolute atomic E-state index is 0.266. The first-order chi connectivity index (χ1) is 17.7. The number of hydrogen-bond acceptors (Lipinski definition) is 6. The van der Waals surface area contributed by atoms with Crippen molar-refractivity contribution in [1.29, 1.82) is 0 Å². The highest BCUT2D eigenvalue weighted by Gasteiger charge is 2.45. The second-order valence-electron chi connectivity index (χ2n) is 9.43. The van der Waals surface area contributed by atoms with Crippen LogP contribution in [0, 0.1) is 0 Å². The molecule has 12 heteroatoms. The second kappa shape index (κ2) is 8.63. The van der Waals surface area contributed by atoms with Crippen molar-refractivity contribution in [1.82, 2.24) is 24.7 Å². The first-order valence-corrected chi connectivity index (χ1v) is 11.9. The van der Waals surface area contributed by atoms with Crippen molar-refractivity contribution in [2.24, 2.45) is 0 Å². The zero-order chi connectivity index (χ0) is 25.8. The molecule has 0 atom stereocenters. The van der Waals surface area contributed by atoms with E-state index in [0.29, 0.717) is 36.6 Å². The van der Waals surface area contributed by atoms with Crippen LogP contribution in [-0.4, -0.2) is 50.8 Å². The van der Waals surface area contributed by atoms with E-state index in [4.69, 9.17) is 0 Å². The summed E-state index contributed by atoms with van der Waals surface area (Å²) in [5.74, 6) is 0.853. The number of para-hydroxylation sites is 1. The molecular formula is C25H22F5N7. The average molecular weight is 515 g/mol. The Morgan fingerprint density at radius 2 is 1.76 bits per heavy atom. The van der Waals surface area contributed by atoms with Crippen molar-refractivity contribution in [3.8, 4) is 0 Å². The zero-order valence-corrected chi connectivity index (χ0v) is 19.5. The van der Waals surface area contributed by atoms with Crippen LogP contribution >= 0.6 is 0 Å². The molecule has 0 amide bonds. The number of nitrogens with zero attached hydrogens (tertiary/aromatic N) is 7. The number of alkyl halides is 5. The van der Waals surface area contributed by atoms with Gasteiger partial charge in [-0.3, -0.25) is 0 Å². The summed E-state index contributed by atoms with van der Waals surface area (Å²) < 4.78 is 67.1. The van der Waals surface area contributed by atoms with Crippen LogP contribution in [-0.2, 0) is 18.1 Å². The standard InChI is InChI=1S/C25H22F5N7/c26-20(27)14-37-23-18(12-33-37)32-13-22(34-23)35-9-6-24(7-10-35)15-36(19-4-2-1-3-17(19)24)21-11-16(5-8-31-21)25(28,29)30/h1-5,8,11-13,20H,6-7,9-10,14-15H2. The molecule has 37 heavy (non-hydrogen) atoms. The fraction of sp³-hybridized carbons (Fsp3) is 0.360. The van der Waals surface area contributed by atoms with Gasteiger partial charge < -0.3 is 9.80 Å². The van der Waals surface area contributed by atoms with Gasteiger partial charge >= 0.3 is 6.18 Å². The Hall–Kier alpha value is -3.83. The van der Waals surface area contributed by atoms with Gasteiger partial charge in [-0.25, -0.2) is 28.4 Å². The number of benzene rings is 1. The topological polar surface area (TPSA) is 63.0 Å². The molecule has 7 nitrogen and oxygen atoms in total. The molecule has 1 spiro atoms. The van der Waals surface area contributed by atoms with Gasteiger partial charge in [0.15, 0.2) is 5.65 Å². The fourth-order valence-electron chi connectivity index (χ4n) is 5.42. The van der Waals surface area contributed by atoms with Gasteiger partial charge in [-0.15, -0.1) is 0 Å². The molecular weight excluding hydrogens is 493 g/mol. The van der Waals surface area contributed by atoms with Gasteiger partial charge in [0.05, 0.1) is 18.0 Å². The van der Waals surface area contributed by atoms with Crippen molar-refractivity contribution >= 4 is 28.5 Å². The van der Waals surface area contributed by atoms with Crippen LogP contribution in [0.5, 0.6) is 0 Å². The predicted octanol–water partition coefficient (Wildman–Crippen LogP) is 5.20. The lowest BCUT2D eigenvalue weighted by molar-refractivity contribution is -0.137. The summed E-state index contributed by atoms with van der Waals surface area (Å²) in [5.41, 5.74) is 1.71. The van der Waals surface area contributed by atoms with E-state index in [1.165, 1.54) is 12.4 Å². The largest absolute Gasteiger partial charge is 0.416 e. The van der Waals surface area contributed by atoms with E-state index in [9.17, 15) is 22.0 Å². The van der Waals surface area contributed by atoms with E-state index in [2.05, 4.69) is 25.0 Å². The van der Waals surface area contributed by atoms with Crippen LogP contribution in [0.2, 0.25) is 0 Å². The SMILES string of the molecule is FC(F)Cn1ncc2ncc(N3CCC4(CC3)CN(c3cc(C(F)(F)F)ccn3)c3ccccc34)nc21. The summed E-state index contributed by atoms with van der Waals surface area (Å²) in [6, 6.07) is 9.85. The van der Waals surface area contributed by atoms with Crippen molar-refractivity contribution < 1.29 is 22.0 Å². The number of pyridine rings is 1. The van der Waals surface area contributed by atoms with Gasteiger partial charge in [-0.2, -0.15) is 18.3 Å². The van der Waals surface area contributed by atoms with Crippen molar-refractivity contribution in [2.75, 3.05) is 29.4 Å². The molecule has 5 heterocycles. The molecule has 2 aliphatic rings. The van der Waals surface area contributed by atoms with Gasteiger partial charge in [0.2, 0.25) is 0 Å². The summed E-state index contributed by atoms with van der Waals surface area (Å²) in [5, 5.41) is 3.97. The molecule has 1 aromatic carbocycles. The Kier molecular flexibility index (Phi) is 5.50. The molecule has 0 aliphatic carbocycles. The molecule has 0 radical (unpaired) electrons. The van der Waals surface area contributed by atoms with Crippen LogP contribution in [0.25, 0.3) is 11.2 Å². The van der Waals surface area contributed by atoms with Crippen molar-refractivity contribution in [3.05, 3.63) is 66.1 Å². The molecule has 1 fully saturated rings. The van der Waals surface area contributed by atoms with E-state index >= 15 is 0 Å². The third-order valence-corrected chi connectivity index (χ3v) is 7.26. The molecule has 4 aromatic rings. The Balaban J connectivity index is 1.27. The van der Waals surface area contributed by atoms with Crippen LogP contribution in [0.15, 0.2) is 55.0 Å². The van der Waals surface area contributed by atoms with Gasteiger partial charge in [0, 0.05) is 36.9 Å². The maximum atomic E-state index is 13.4. The minimum atomic E-state index is -4.45. The lowest BCUT2D eigenvalue weighted by atomic mass is 9.74. The summed E-state index contributed by atoms with van der Waals surface area (Å²) in [7, 11) is 0. The summed E-state index contributed by atoms with van der Waals surface area (Å²) >= 11 is 0. The molecule has 6 rings (SSSR count). The molecule has 0 N–H and O–H groups in total. The number of rotatable bonds is 4. The first-order valence-electron chi connectivity index (χ1n) is 11.9. The maximum absolute atomic E-state index is 13.4. The maximum Gasteiger partial charge on any atom is 0.416 e. The molecule has 0 saturated carbocycles. The number of aromatic nitrogens is 5. The van der Waals surface area contributed by atoms with E-state index in [1.54, 1.807) is 6.20 Å². The smallest absolute Gasteiger partial charge is 0.355 e. The highest BCUT2D eigenvalue weighted by Crippen LogP contribution is 2.49. The molecule has 0 bridgehead atoms. The highest BCUT2D eigenvalue weighted by molar-refractivity contribution is 5.73. The lowest BCUT2D eigenvalue weighted by Gasteiger charge is -2.40. The number of halogens is 5. The third kappa shape index (κ3) is 4.13. The Morgan fingerprint density at radius 3 is 2.51 bits per heavy atom. The Morgan fingerprint density at radius 1 is 0.973 bits per heavy atom. The normalized spacial score (nSPS) is 17.2. The second-order valence-corrected chi connectivity index (χ2v) is 9.43. The molecule has 192 valence electrons. The van der Waals surface area contributed by atoms with Crippen molar-refractivity contribution in [3.63, 3.8) is 0 Å². The fourth-order valence-corrected chi connectivity index (χ4v) is 5.42. The van der Waals surface area contributed by atoms with Crippen LogP contribution < -0.4 is 9.80 Å². The molecule has 2 aliphatic heterocycles. The monoisotopic (exact) mass is 515 g/mol. The number of fused-ring (bicyclic) bond motifs is 3. The van der Waals surface area contributed by atoms with E-state index in [1.807, 2.05) is 29.2 Å². The lowest BCUT2D eigenvalue weighted by Crippen LogP contribution is -2.45. The van der Waals surface area contributed by atoms with Gasteiger partial charge in [-0.1, -0.05) is 18.2 Å². The van der Waals surface area contributed by atoms with Gasteiger partial charge in [0.1, 0.15) is 23.7 Å². The van der Waals surface area contributed by atoms with Crippen LogP contribution in [0.3, 0.4) is 0 Å². The molecule has 1 saturated heterocycles. The van der Waals surface area contributed by atoms with E-state index in [0.717, 1.165) is 40.9 Å². The van der Waals surface area contributed by atoms with Crippen LogP contribution in [0.1, 0.15) is 24.0 Å². The molecule has 3 aromatic heterocycles. The Labute approximate surface area is 208 Å². The predicted molar refractivity (Wildman–Crippen MR) is 127 cm³/mol. The number of hydrogen-bond donors (Lipinski definition) is 0. The zero-order valence-electron chi connectivity index (χ0n) is 19.5.